The minimum atomic E-state index is -2.31. The van der Waals surface area contributed by atoms with Gasteiger partial charge >= 0.3 is 0 Å². The van der Waals surface area contributed by atoms with Crippen LogP contribution in [0.2, 0.25) is 0 Å². The molecule has 20 heavy (non-hydrogen) atoms. The van der Waals surface area contributed by atoms with Gasteiger partial charge in [-0.2, -0.15) is 0 Å². The highest BCUT2D eigenvalue weighted by Gasteiger charge is 2.12. The average molecular weight is 292 g/mol. The Morgan fingerprint density at radius 3 is 2.35 bits per heavy atom. The number of carbonyl (C=O) groups excluding carboxylic acids is 1. The summed E-state index contributed by atoms with van der Waals surface area (Å²) in [5.41, 5.74) is 2.33. The van der Waals surface area contributed by atoms with Crippen LogP contribution in [-0.2, 0) is 16.1 Å². The van der Waals surface area contributed by atoms with Crippen molar-refractivity contribution in [1.82, 2.24) is 0 Å². The lowest BCUT2D eigenvalue weighted by molar-refractivity contribution is -0.115. The summed E-state index contributed by atoms with van der Waals surface area (Å²) >= 11 is -2.31. The van der Waals surface area contributed by atoms with Crippen LogP contribution in [0.4, 0.5) is 5.69 Å². The molecule has 1 saturated carbocycles. The van der Waals surface area contributed by atoms with Crippen molar-refractivity contribution in [2.45, 2.75) is 38.5 Å². The zero-order valence-electron chi connectivity index (χ0n) is 11.3. The van der Waals surface area contributed by atoms with Crippen molar-refractivity contribution in [3.05, 3.63) is 35.4 Å². The van der Waals surface area contributed by atoms with E-state index in [1.165, 1.54) is 6.42 Å². The van der Waals surface area contributed by atoms with Crippen molar-refractivity contribution in [2.75, 3.05) is 4.72 Å². The summed E-state index contributed by atoms with van der Waals surface area (Å²) in [4.78, 5) is 12.0. The molecule has 0 heterocycles. The Hall–Kier alpha value is -1.46. The maximum absolute atomic E-state index is 12.0. The Morgan fingerprint density at radius 2 is 1.70 bits per heavy atom. The van der Waals surface area contributed by atoms with Gasteiger partial charge in [0, 0.05) is 23.4 Å². The summed E-state index contributed by atoms with van der Waals surface area (Å²) in [5.74, 6) is 0.243. The van der Waals surface area contributed by atoms with Gasteiger partial charge in [0.2, 0.25) is 0 Å². The molecule has 0 spiro atoms. The van der Waals surface area contributed by atoms with E-state index in [0.717, 1.165) is 36.8 Å². The molecule has 1 aromatic rings. The van der Waals surface area contributed by atoms with Gasteiger partial charge in [0.05, 0.1) is 0 Å². The lowest BCUT2D eigenvalue weighted by Crippen LogP contribution is -2.05. The fourth-order valence-electron chi connectivity index (χ4n) is 2.35. The van der Waals surface area contributed by atoms with Crippen molar-refractivity contribution in [1.29, 1.82) is 0 Å². The molecule has 1 aliphatic carbocycles. The summed E-state index contributed by atoms with van der Waals surface area (Å²) in [6.07, 6.45) is 7.77. The van der Waals surface area contributed by atoms with Crippen LogP contribution in [-0.4, -0.2) is 14.5 Å². The smallest absolute Gasteiger partial charge is 0.158 e. The minimum Gasteiger partial charge on any atom is -0.755 e. The molecule has 0 aliphatic heterocycles. The molecule has 4 nitrogen and oxygen atoms in total. The summed E-state index contributed by atoms with van der Waals surface area (Å²) in [7, 11) is 0. The fraction of sp³-hybridized carbons (Fsp3) is 0.400. The minimum absolute atomic E-state index is 0.243. The van der Waals surface area contributed by atoms with E-state index in [-0.39, 0.29) is 5.78 Å². The average Bonchev–Trinajstić information content (AvgIpc) is 2.40. The number of benzene rings is 1. The highest BCUT2D eigenvalue weighted by atomic mass is 32.2. The Morgan fingerprint density at radius 1 is 1.05 bits per heavy atom. The number of nitrogens with one attached hydrogen (secondary N) is 1. The van der Waals surface area contributed by atoms with Gasteiger partial charge in [-0.1, -0.05) is 25.0 Å². The van der Waals surface area contributed by atoms with Gasteiger partial charge in [-0.05, 0) is 48.6 Å². The van der Waals surface area contributed by atoms with Gasteiger partial charge in [0.15, 0.2) is 5.78 Å². The zero-order chi connectivity index (χ0) is 14.4. The quantitative estimate of drug-likeness (QED) is 0.687. The van der Waals surface area contributed by atoms with Crippen molar-refractivity contribution in [3.8, 4) is 0 Å². The third kappa shape index (κ3) is 4.58. The second-order valence-corrected chi connectivity index (χ2v) is 5.64. The van der Waals surface area contributed by atoms with Gasteiger partial charge in [-0.15, -0.1) is 0 Å². The predicted molar refractivity (Wildman–Crippen MR) is 79.7 cm³/mol. The number of hydrogen-bond donors (Lipinski definition) is 1. The molecule has 0 amide bonds. The Balaban J connectivity index is 2.11. The third-order valence-electron chi connectivity index (χ3n) is 3.41. The molecule has 108 valence electrons. The van der Waals surface area contributed by atoms with Crippen LogP contribution >= 0.6 is 0 Å². The highest BCUT2D eigenvalue weighted by Crippen LogP contribution is 2.22. The van der Waals surface area contributed by atoms with Crippen molar-refractivity contribution in [3.63, 3.8) is 0 Å². The number of anilines is 1. The van der Waals surface area contributed by atoms with Crippen LogP contribution in [0.25, 0.3) is 6.08 Å². The second kappa shape index (κ2) is 7.36. The number of allylic oxidation sites excluding steroid dienone is 1. The first kappa shape index (κ1) is 14.9. The molecule has 1 atom stereocenters. The van der Waals surface area contributed by atoms with Crippen molar-refractivity contribution < 1.29 is 13.6 Å². The molecule has 5 heteroatoms. The lowest BCUT2D eigenvalue weighted by atomic mass is 9.93. The fourth-order valence-corrected chi connectivity index (χ4v) is 2.68. The molecule has 1 aliphatic rings. The molecule has 1 unspecified atom stereocenters. The van der Waals surface area contributed by atoms with E-state index < -0.39 is 11.3 Å². The first-order valence-electron chi connectivity index (χ1n) is 6.85. The number of rotatable bonds is 3. The summed E-state index contributed by atoms with van der Waals surface area (Å²) in [6.45, 7) is 0. The maximum Gasteiger partial charge on any atom is 0.158 e. The molecule has 0 bridgehead atoms. The normalized spacial score (nSPS) is 20.2. The monoisotopic (exact) mass is 292 g/mol. The summed E-state index contributed by atoms with van der Waals surface area (Å²) < 4.78 is 23.3. The van der Waals surface area contributed by atoms with Crippen molar-refractivity contribution >= 4 is 28.8 Å². The summed E-state index contributed by atoms with van der Waals surface area (Å²) in [6, 6.07) is 7.01. The Labute approximate surface area is 121 Å². The van der Waals surface area contributed by atoms with E-state index >= 15 is 0 Å². The van der Waals surface area contributed by atoms with E-state index in [9.17, 15) is 13.6 Å². The van der Waals surface area contributed by atoms with Gasteiger partial charge in [-0.3, -0.25) is 9.00 Å². The molecule has 2 rings (SSSR count). The molecule has 1 aromatic carbocycles. The van der Waals surface area contributed by atoms with Crippen LogP contribution in [0.15, 0.2) is 29.8 Å². The molecular formula is C15H18NO3S-. The molecule has 0 radical (unpaired) electrons. The van der Waals surface area contributed by atoms with E-state index in [1.54, 1.807) is 12.1 Å². The molecule has 1 N–H and O–H groups in total. The maximum atomic E-state index is 12.0. The highest BCUT2D eigenvalue weighted by molar-refractivity contribution is 7.80. The number of hydrogen-bond acceptors (Lipinski definition) is 3. The van der Waals surface area contributed by atoms with Crippen LogP contribution in [0.1, 0.15) is 44.1 Å². The van der Waals surface area contributed by atoms with Gasteiger partial charge in [0.25, 0.3) is 0 Å². The van der Waals surface area contributed by atoms with Gasteiger partial charge in [-0.25, -0.2) is 0 Å². The predicted octanol–water partition coefficient (Wildman–Crippen LogP) is 3.20. The van der Waals surface area contributed by atoms with E-state index in [2.05, 4.69) is 4.72 Å². The van der Waals surface area contributed by atoms with Crippen LogP contribution < -0.4 is 4.72 Å². The standard InChI is InChI=1S/C15H19NO3S/c17-15-6-4-2-1-3-5-13(15)11-12-7-9-14(10-8-12)16-20(18)19/h7-11,16H,1-6H2,(H,18,19)/p-1. The van der Waals surface area contributed by atoms with Crippen molar-refractivity contribution in [2.24, 2.45) is 0 Å². The first-order chi connectivity index (χ1) is 9.65. The molecular weight excluding hydrogens is 274 g/mol. The lowest BCUT2D eigenvalue weighted by Gasteiger charge is -2.11. The SMILES string of the molecule is O=C1CCCCCCC1=Cc1ccc(NS(=O)[O-])cc1. The van der Waals surface area contributed by atoms with Gasteiger partial charge in [0.1, 0.15) is 0 Å². The van der Waals surface area contributed by atoms with E-state index in [1.807, 2.05) is 18.2 Å². The molecule has 0 aromatic heterocycles. The zero-order valence-corrected chi connectivity index (χ0v) is 12.1. The topological polar surface area (TPSA) is 69.2 Å². The van der Waals surface area contributed by atoms with Crippen LogP contribution in [0.3, 0.4) is 0 Å². The Bertz CT molecular complexity index is 522. The second-order valence-electron chi connectivity index (χ2n) is 4.97. The number of carbonyl (C=O) groups is 1. The molecule has 1 fully saturated rings. The largest absolute Gasteiger partial charge is 0.755 e. The van der Waals surface area contributed by atoms with Crippen LogP contribution in [0.5, 0.6) is 0 Å². The molecule has 0 saturated heterocycles. The van der Waals surface area contributed by atoms with Gasteiger partial charge < -0.3 is 9.27 Å². The Kier molecular flexibility index (Phi) is 5.49. The third-order valence-corrected chi connectivity index (χ3v) is 3.81. The number of Topliss-reactive ketones (excluding diaryl/α,β-unsaturated/α-hetero) is 1. The number of ketones is 1. The first-order valence-corrected chi connectivity index (χ1v) is 7.92. The van der Waals surface area contributed by atoms with Crippen LogP contribution in [0, 0.1) is 0 Å². The summed E-state index contributed by atoms with van der Waals surface area (Å²) in [5, 5.41) is 0. The van der Waals surface area contributed by atoms with E-state index in [0.29, 0.717) is 12.1 Å². The van der Waals surface area contributed by atoms with E-state index in [4.69, 9.17) is 0 Å².